The number of fused-ring (bicyclic) bond motifs is 1. The van der Waals surface area contributed by atoms with Crippen molar-refractivity contribution in [2.45, 2.75) is 12.5 Å². The Balaban J connectivity index is 2.38. The van der Waals surface area contributed by atoms with E-state index in [0.29, 0.717) is 0 Å². The molecule has 1 unspecified atom stereocenters. The third-order valence-corrected chi connectivity index (χ3v) is 2.71. The van der Waals surface area contributed by atoms with E-state index in [9.17, 15) is 4.79 Å². The Hall–Kier alpha value is -1.94. The van der Waals surface area contributed by atoms with E-state index >= 15 is 0 Å². The van der Waals surface area contributed by atoms with Crippen LogP contribution in [0.3, 0.4) is 0 Å². The molecule has 0 radical (unpaired) electrons. The van der Waals surface area contributed by atoms with Crippen LogP contribution in [0, 0.1) is 0 Å². The highest BCUT2D eigenvalue weighted by Crippen LogP contribution is 2.23. The van der Waals surface area contributed by atoms with E-state index in [1.165, 1.54) is 7.11 Å². The number of aromatic nitrogens is 1. The van der Waals surface area contributed by atoms with Crippen LogP contribution in [0.25, 0.3) is 10.8 Å². The number of benzene rings is 1. The van der Waals surface area contributed by atoms with Crippen molar-refractivity contribution in [3.8, 4) is 0 Å². The highest BCUT2D eigenvalue weighted by Gasteiger charge is 2.14. The maximum atomic E-state index is 11.2. The number of methoxy groups -OCH3 is 1. The molecule has 0 saturated carbocycles. The lowest BCUT2D eigenvalue weighted by Crippen LogP contribution is -2.16. The minimum absolute atomic E-state index is 0.159. The molecule has 88 valence electrons. The van der Waals surface area contributed by atoms with Crippen molar-refractivity contribution in [3.05, 3.63) is 42.2 Å². The molecule has 4 nitrogen and oxygen atoms in total. The maximum absolute atomic E-state index is 11.2. The molecule has 0 saturated heterocycles. The van der Waals surface area contributed by atoms with Gasteiger partial charge < -0.3 is 10.5 Å². The molecule has 1 atom stereocenters. The molecule has 0 aliphatic rings. The number of ether oxygens (including phenoxy) is 1. The summed E-state index contributed by atoms with van der Waals surface area (Å²) in [5, 5.41) is 2.05. The zero-order valence-corrected chi connectivity index (χ0v) is 9.59. The molecule has 0 amide bonds. The Bertz CT molecular complexity index is 534. The molecule has 0 aliphatic heterocycles. The molecule has 4 heteroatoms. The van der Waals surface area contributed by atoms with Crippen molar-refractivity contribution in [3.63, 3.8) is 0 Å². The van der Waals surface area contributed by atoms with Gasteiger partial charge in [-0.15, -0.1) is 0 Å². The second-order valence-corrected chi connectivity index (χ2v) is 3.84. The Morgan fingerprint density at radius 3 is 2.94 bits per heavy atom. The van der Waals surface area contributed by atoms with Gasteiger partial charge in [0.15, 0.2) is 0 Å². The van der Waals surface area contributed by atoms with E-state index < -0.39 is 0 Å². The van der Waals surface area contributed by atoms with Gasteiger partial charge in [-0.25, -0.2) is 0 Å². The number of carbonyl (C=O) groups is 1. The molecule has 0 spiro atoms. The normalized spacial score (nSPS) is 12.4. The van der Waals surface area contributed by atoms with E-state index in [0.717, 1.165) is 16.3 Å². The number of nitrogens with two attached hydrogens (primary N) is 1. The second-order valence-electron chi connectivity index (χ2n) is 3.84. The van der Waals surface area contributed by atoms with E-state index in [2.05, 4.69) is 9.72 Å². The lowest BCUT2D eigenvalue weighted by Gasteiger charge is -2.12. The van der Waals surface area contributed by atoms with Crippen LogP contribution in [0.2, 0.25) is 0 Å². The van der Waals surface area contributed by atoms with E-state index in [-0.39, 0.29) is 18.4 Å². The summed E-state index contributed by atoms with van der Waals surface area (Å²) in [4.78, 5) is 15.3. The summed E-state index contributed by atoms with van der Waals surface area (Å²) in [6.45, 7) is 0. The molecule has 17 heavy (non-hydrogen) atoms. The van der Waals surface area contributed by atoms with Gasteiger partial charge in [-0.05, 0) is 10.9 Å². The van der Waals surface area contributed by atoms with Gasteiger partial charge in [0.1, 0.15) is 0 Å². The molecule has 0 bridgehead atoms. The third-order valence-electron chi connectivity index (χ3n) is 2.71. The summed E-state index contributed by atoms with van der Waals surface area (Å²) >= 11 is 0. The summed E-state index contributed by atoms with van der Waals surface area (Å²) in [5.74, 6) is -0.314. The van der Waals surface area contributed by atoms with Gasteiger partial charge in [-0.1, -0.05) is 24.3 Å². The number of nitrogens with zero attached hydrogens (tertiary/aromatic N) is 1. The molecular weight excluding hydrogens is 216 g/mol. The van der Waals surface area contributed by atoms with Crippen molar-refractivity contribution in [2.75, 3.05) is 7.11 Å². The van der Waals surface area contributed by atoms with Gasteiger partial charge in [0.25, 0.3) is 0 Å². The fraction of sp³-hybridized carbons (Fsp3) is 0.231. The summed E-state index contributed by atoms with van der Waals surface area (Å²) in [7, 11) is 1.36. The Morgan fingerprint density at radius 1 is 1.41 bits per heavy atom. The van der Waals surface area contributed by atoms with Crippen LogP contribution in [0.5, 0.6) is 0 Å². The molecule has 1 aromatic heterocycles. The summed E-state index contributed by atoms with van der Waals surface area (Å²) in [6, 6.07) is 7.44. The van der Waals surface area contributed by atoms with Gasteiger partial charge >= 0.3 is 5.97 Å². The van der Waals surface area contributed by atoms with Crippen LogP contribution in [0.15, 0.2) is 36.7 Å². The van der Waals surface area contributed by atoms with Crippen molar-refractivity contribution in [2.24, 2.45) is 5.73 Å². The molecule has 2 N–H and O–H groups in total. The van der Waals surface area contributed by atoms with Crippen LogP contribution < -0.4 is 5.73 Å². The minimum Gasteiger partial charge on any atom is -0.469 e. The van der Waals surface area contributed by atoms with Crippen LogP contribution in [-0.2, 0) is 9.53 Å². The SMILES string of the molecule is COC(=O)CC(N)c1cncc2ccccc12. The average molecular weight is 230 g/mol. The molecule has 2 rings (SSSR count). The van der Waals surface area contributed by atoms with Gasteiger partial charge in [0.05, 0.1) is 13.5 Å². The van der Waals surface area contributed by atoms with Gasteiger partial charge in [0, 0.05) is 23.8 Å². The van der Waals surface area contributed by atoms with Crippen LogP contribution >= 0.6 is 0 Å². The van der Waals surface area contributed by atoms with Gasteiger partial charge in [-0.3, -0.25) is 9.78 Å². The number of rotatable bonds is 3. The van der Waals surface area contributed by atoms with E-state index in [1.807, 2.05) is 24.3 Å². The fourth-order valence-corrected chi connectivity index (χ4v) is 1.81. The largest absolute Gasteiger partial charge is 0.469 e. The number of esters is 1. The number of carbonyl (C=O) groups excluding carboxylic acids is 1. The molecule has 0 aliphatic carbocycles. The van der Waals surface area contributed by atoms with Crippen LogP contribution in [0.1, 0.15) is 18.0 Å². The summed E-state index contributed by atoms with van der Waals surface area (Å²) < 4.78 is 4.62. The zero-order valence-electron chi connectivity index (χ0n) is 9.59. The standard InChI is InChI=1S/C13H14N2O2/c1-17-13(16)6-12(14)11-8-15-7-9-4-2-3-5-10(9)11/h2-5,7-8,12H,6,14H2,1H3. The average Bonchev–Trinajstić information content (AvgIpc) is 2.37. The smallest absolute Gasteiger partial charge is 0.307 e. The lowest BCUT2D eigenvalue weighted by molar-refractivity contribution is -0.141. The number of hydrogen-bond acceptors (Lipinski definition) is 4. The van der Waals surface area contributed by atoms with E-state index in [4.69, 9.17) is 5.73 Å². The van der Waals surface area contributed by atoms with E-state index in [1.54, 1.807) is 12.4 Å². The molecular formula is C13H14N2O2. The van der Waals surface area contributed by atoms with Crippen molar-refractivity contribution >= 4 is 16.7 Å². The fourth-order valence-electron chi connectivity index (χ4n) is 1.81. The Labute approximate surface area is 99.4 Å². The topological polar surface area (TPSA) is 65.2 Å². The highest BCUT2D eigenvalue weighted by molar-refractivity contribution is 5.85. The minimum atomic E-state index is -0.388. The highest BCUT2D eigenvalue weighted by atomic mass is 16.5. The molecule has 2 aromatic rings. The molecule has 0 fully saturated rings. The second kappa shape index (κ2) is 4.93. The number of pyridine rings is 1. The van der Waals surface area contributed by atoms with Gasteiger partial charge in [0.2, 0.25) is 0 Å². The first-order valence-corrected chi connectivity index (χ1v) is 5.37. The van der Waals surface area contributed by atoms with Gasteiger partial charge in [-0.2, -0.15) is 0 Å². The zero-order chi connectivity index (χ0) is 12.3. The number of hydrogen-bond donors (Lipinski definition) is 1. The van der Waals surface area contributed by atoms with Crippen molar-refractivity contribution in [1.82, 2.24) is 4.98 Å². The third kappa shape index (κ3) is 2.42. The molecule has 1 heterocycles. The summed E-state index contributed by atoms with van der Waals surface area (Å²) in [6.07, 6.45) is 3.64. The van der Waals surface area contributed by atoms with Crippen LogP contribution in [0.4, 0.5) is 0 Å². The van der Waals surface area contributed by atoms with Crippen molar-refractivity contribution < 1.29 is 9.53 Å². The predicted octanol–water partition coefficient (Wildman–Crippen LogP) is 1.80. The Morgan fingerprint density at radius 2 is 2.18 bits per heavy atom. The first kappa shape index (κ1) is 11.5. The predicted molar refractivity (Wildman–Crippen MR) is 65.3 cm³/mol. The summed E-state index contributed by atoms with van der Waals surface area (Å²) in [5.41, 5.74) is 6.87. The lowest BCUT2D eigenvalue weighted by atomic mass is 10.0. The maximum Gasteiger partial charge on any atom is 0.307 e. The first-order chi connectivity index (χ1) is 8.22. The van der Waals surface area contributed by atoms with Crippen LogP contribution in [-0.4, -0.2) is 18.1 Å². The quantitative estimate of drug-likeness (QED) is 0.816. The molecule has 1 aromatic carbocycles. The van der Waals surface area contributed by atoms with Crippen molar-refractivity contribution in [1.29, 1.82) is 0 Å². The Kier molecular flexibility index (Phi) is 3.35. The monoisotopic (exact) mass is 230 g/mol. The first-order valence-electron chi connectivity index (χ1n) is 5.37.